The third-order valence-corrected chi connectivity index (χ3v) is 3.73. The van der Waals surface area contributed by atoms with Gasteiger partial charge >= 0.3 is 0 Å². The first kappa shape index (κ1) is 11.7. The van der Waals surface area contributed by atoms with Crippen molar-refractivity contribution in [1.82, 2.24) is 9.80 Å². The molecule has 0 spiro atoms. The van der Waals surface area contributed by atoms with Gasteiger partial charge in [-0.15, -0.1) is 0 Å². The molecule has 0 radical (unpaired) electrons. The van der Waals surface area contributed by atoms with Gasteiger partial charge in [0.25, 0.3) is 0 Å². The minimum Gasteiger partial charge on any atom is -0.409 e. The first-order valence-corrected chi connectivity index (χ1v) is 6.22. The Labute approximate surface area is 96.9 Å². The van der Waals surface area contributed by atoms with Gasteiger partial charge < -0.3 is 15.8 Å². The standard InChI is InChI=1S/C11H22N4O/c12-11(13-16)9-14-7-3-10(4-8-14)15-5-1-2-6-15/h10,16H,1-9H2,(H2,12,13). The van der Waals surface area contributed by atoms with Gasteiger partial charge in [-0.3, -0.25) is 4.90 Å². The maximum Gasteiger partial charge on any atom is 0.153 e. The zero-order chi connectivity index (χ0) is 11.4. The highest BCUT2D eigenvalue weighted by Gasteiger charge is 2.26. The molecule has 16 heavy (non-hydrogen) atoms. The van der Waals surface area contributed by atoms with Crippen LogP contribution in [0.5, 0.6) is 0 Å². The second-order valence-corrected chi connectivity index (χ2v) is 4.84. The third-order valence-electron chi connectivity index (χ3n) is 3.73. The summed E-state index contributed by atoms with van der Waals surface area (Å²) < 4.78 is 0. The average molecular weight is 226 g/mol. The van der Waals surface area contributed by atoms with Gasteiger partial charge in [-0.05, 0) is 38.8 Å². The molecule has 2 fully saturated rings. The zero-order valence-corrected chi connectivity index (χ0v) is 9.81. The molecule has 5 nitrogen and oxygen atoms in total. The summed E-state index contributed by atoms with van der Waals surface area (Å²) in [7, 11) is 0. The summed E-state index contributed by atoms with van der Waals surface area (Å²) in [6, 6.07) is 0.769. The molecule has 0 atom stereocenters. The minimum absolute atomic E-state index is 0.319. The van der Waals surface area contributed by atoms with Crippen LogP contribution < -0.4 is 5.73 Å². The van der Waals surface area contributed by atoms with Gasteiger partial charge in [0.15, 0.2) is 5.84 Å². The summed E-state index contributed by atoms with van der Waals surface area (Å²) in [5.74, 6) is 0.319. The molecule has 0 aromatic heterocycles. The summed E-state index contributed by atoms with van der Waals surface area (Å²) in [5, 5.41) is 11.5. The van der Waals surface area contributed by atoms with Gasteiger partial charge in [0.1, 0.15) is 0 Å². The van der Waals surface area contributed by atoms with E-state index in [1.54, 1.807) is 0 Å². The summed E-state index contributed by atoms with van der Waals surface area (Å²) in [6.45, 7) is 5.30. The van der Waals surface area contributed by atoms with Crippen molar-refractivity contribution in [1.29, 1.82) is 0 Å². The smallest absolute Gasteiger partial charge is 0.153 e. The summed E-state index contributed by atoms with van der Waals surface area (Å²) in [4.78, 5) is 4.89. The van der Waals surface area contributed by atoms with Crippen molar-refractivity contribution >= 4 is 5.84 Å². The van der Waals surface area contributed by atoms with Gasteiger partial charge in [0, 0.05) is 19.1 Å². The first-order valence-electron chi connectivity index (χ1n) is 6.22. The predicted octanol–water partition coefficient (Wildman–Crippen LogP) is 0.293. The molecule has 0 aromatic carbocycles. The topological polar surface area (TPSA) is 65.1 Å². The van der Waals surface area contributed by atoms with Gasteiger partial charge in [0.05, 0.1) is 6.54 Å². The van der Waals surface area contributed by atoms with Crippen molar-refractivity contribution < 1.29 is 5.21 Å². The van der Waals surface area contributed by atoms with Gasteiger partial charge in [-0.1, -0.05) is 5.16 Å². The fraction of sp³-hybridized carbons (Fsp3) is 0.909. The van der Waals surface area contributed by atoms with Crippen LogP contribution >= 0.6 is 0 Å². The van der Waals surface area contributed by atoms with E-state index in [0.717, 1.165) is 19.1 Å². The maximum atomic E-state index is 8.52. The Bertz CT molecular complexity index is 242. The van der Waals surface area contributed by atoms with Gasteiger partial charge in [0.2, 0.25) is 0 Å². The molecule has 0 aromatic rings. The molecule has 0 bridgehead atoms. The van der Waals surface area contributed by atoms with Crippen molar-refractivity contribution in [2.24, 2.45) is 10.9 Å². The first-order chi connectivity index (χ1) is 7.79. The monoisotopic (exact) mass is 226 g/mol. The van der Waals surface area contributed by atoms with Crippen LogP contribution in [0.4, 0.5) is 0 Å². The van der Waals surface area contributed by atoms with E-state index in [1.165, 1.54) is 38.8 Å². The zero-order valence-electron chi connectivity index (χ0n) is 9.81. The molecule has 2 aliphatic heterocycles. The van der Waals surface area contributed by atoms with Crippen LogP contribution in [0.25, 0.3) is 0 Å². The molecular formula is C11H22N4O. The van der Waals surface area contributed by atoms with E-state index in [9.17, 15) is 0 Å². The lowest BCUT2D eigenvalue weighted by Crippen LogP contribution is -2.46. The summed E-state index contributed by atoms with van der Waals surface area (Å²) >= 11 is 0. The average Bonchev–Trinajstić information content (AvgIpc) is 2.83. The predicted molar refractivity (Wildman–Crippen MR) is 63.7 cm³/mol. The van der Waals surface area contributed by atoms with Crippen molar-refractivity contribution in [3.8, 4) is 0 Å². The van der Waals surface area contributed by atoms with E-state index >= 15 is 0 Å². The van der Waals surface area contributed by atoms with E-state index in [2.05, 4.69) is 15.0 Å². The van der Waals surface area contributed by atoms with Crippen LogP contribution in [-0.2, 0) is 0 Å². The Morgan fingerprint density at radius 1 is 1.19 bits per heavy atom. The molecule has 0 saturated carbocycles. The molecular weight excluding hydrogens is 204 g/mol. The molecule has 2 rings (SSSR count). The second-order valence-electron chi connectivity index (χ2n) is 4.84. The van der Waals surface area contributed by atoms with Gasteiger partial charge in [-0.25, -0.2) is 0 Å². The Hall–Kier alpha value is -0.810. The highest BCUT2D eigenvalue weighted by molar-refractivity contribution is 5.81. The molecule has 2 heterocycles. The van der Waals surface area contributed by atoms with Crippen LogP contribution in [0.2, 0.25) is 0 Å². The Balaban J connectivity index is 1.73. The lowest BCUT2D eigenvalue weighted by molar-refractivity contribution is 0.136. The molecule has 5 heteroatoms. The molecule has 2 saturated heterocycles. The fourth-order valence-corrected chi connectivity index (χ4v) is 2.81. The number of hydrogen-bond acceptors (Lipinski definition) is 4. The molecule has 0 unspecified atom stereocenters. The lowest BCUT2D eigenvalue weighted by atomic mass is 10.0. The van der Waals surface area contributed by atoms with Crippen molar-refractivity contribution in [3.63, 3.8) is 0 Å². The number of nitrogens with two attached hydrogens (primary N) is 1. The quantitative estimate of drug-likeness (QED) is 0.314. The highest BCUT2D eigenvalue weighted by Crippen LogP contribution is 2.20. The Morgan fingerprint density at radius 2 is 1.81 bits per heavy atom. The summed E-state index contributed by atoms with van der Waals surface area (Å²) in [6.07, 6.45) is 5.17. The van der Waals surface area contributed by atoms with E-state index in [4.69, 9.17) is 10.9 Å². The van der Waals surface area contributed by atoms with E-state index < -0.39 is 0 Å². The maximum absolute atomic E-state index is 8.52. The van der Waals surface area contributed by atoms with Crippen LogP contribution in [-0.4, -0.2) is 59.6 Å². The van der Waals surface area contributed by atoms with Crippen molar-refractivity contribution in [3.05, 3.63) is 0 Å². The van der Waals surface area contributed by atoms with Crippen LogP contribution in [0.3, 0.4) is 0 Å². The van der Waals surface area contributed by atoms with E-state index in [1.807, 2.05) is 0 Å². The van der Waals surface area contributed by atoms with Crippen molar-refractivity contribution in [2.75, 3.05) is 32.7 Å². The second kappa shape index (κ2) is 5.50. The molecule has 3 N–H and O–H groups in total. The van der Waals surface area contributed by atoms with E-state index in [0.29, 0.717) is 12.4 Å². The van der Waals surface area contributed by atoms with Crippen molar-refractivity contribution in [2.45, 2.75) is 31.7 Å². The SMILES string of the molecule is N/C(CN1CCC(N2CCCC2)CC1)=N\O. The lowest BCUT2D eigenvalue weighted by Gasteiger charge is -2.36. The summed E-state index contributed by atoms with van der Waals surface area (Å²) in [5.41, 5.74) is 5.51. The molecule has 0 aliphatic carbocycles. The number of hydrogen-bond donors (Lipinski definition) is 2. The molecule has 0 amide bonds. The fourth-order valence-electron chi connectivity index (χ4n) is 2.81. The number of rotatable bonds is 3. The number of nitrogens with zero attached hydrogens (tertiary/aromatic N) is 3. The normalized spacial score (nSPS) is 26.4. The third kappa shape index (κ3) is 2.86. The molecule has 92 valence electrons. The van der Waals surface area contributed by atoms with Crippen LogP contribution in [0.1, 0.15) is 25.7 Å². The minimum atomic E-state index is 0.319. The largest absolute Gasteiger partial charge is 0.409 e. The Kier molecular flexibility index (Phi) is 4.01. The molecule has 2 aliphatic rings. The number of oxime groups is 1. The van der Waals surface area contributed by atoms with Crippen LogP contribution in [0.15, 0.2) is 5.16 Å². The van der Waals surface area contributed by atoms with Crippen LogP contribution in [0, 0.1) is 0 Å². The number of amidine groups is 1. The number of likely N-dealkylation sites (tertiary alicyclic amines) is 2. The number of piperidine rings is 1. The van der Waals surface area contributed by atoms with Gasteiger partial charge in [-0.2, -0.15) is 0 Å². The Morgan fingerprint density at radius 3 is 2.38 bits per heavy atom. The highest BCUT2D eigenvalue weighted by atomic mass is 16.4. The van der Waals surface area contributed by atoms with E-state index in [-0.39, 0.29) is 0 Å².